The van der Waals surface area contributed by atoms with Crippen LogP contribution in [0.1, 0.15) is 22.8 Å². The number of non-ortho nitro benzene ring substituents is 1. The van der Waals surface area contributed by atoms with Gasteiger partial charge in [-0.15, -0.1) is 0 Å². The fourth-order valence-corrected chi connectivity index (χ4v) is 3.65. The molecular formula is C27H21N3O9. The molecule has 4 amide bonds. The molecule has 1 saturated heterocycles. The average molecular weight is 531 g/mol. The Balaban J connectivity index is 1.62. The molecule has 0 radical (unpaired) electrons. The van der Waals surface area contributed by atoms with Gasteiger partial charge in [-0.25, -0.2) is 14.5 Å². The molecule has 12 heteroatoms. The molecule has 3 aromatic carbocycles. The summed E-state index contributed by atoms with van der Waals surface area (Å²) in [5.41, 5.74) is 0.161. The van der Waals surface area contributed by atoms with Crippen LogP contribution in [0.4, 0.5) is 16.2 Å². The molecule has 39 heavy (non-hydrogen) atoms. The van der Waals surface area contributed by atoms with E-state index in [0.717, 1.165) is 4.90 Å². The average Bonchev–Trinajstić information content (AvgIpc) is 2.92. The van der Waals surface area contributed by atoms with Crippen LogP contribution in [0.25, 0.3) is 6.08 Å². The number of nitrogens with zero attached hydrogens (tertiary/aromatic N) is 2. The zero-order chi connectivity index (χ0) is 28.1. The summed E-state index contributed by atoms with van der Waals surface area (Å²) in [5, 5.41) is 13.0. The van der Waals surface area contributed by atoms with Crippen molar-refractivity contribution < 1.29 is 38.3 Å². The Morgan fingerprint density at radius 1 is 1.03 bits per heavy atom. The number of hydrogen-bond acceptors (Lipinski definition) is 9. The molecule has 1 fully saturated rings. The van der Waals surface area contributed by atoms with E-state index in [0.29, 0.717) is 11.3 Å². The Labute approximate surface area is 221 Å². The number of esters is 1. The number of rotatable bonds is 8. The molecule has 0 saturated carbocycles. The van der Waals surface area contributed by atoms with Gasteiger partial charge in [-0.3, -0.25) is 25.0 Å². The Kier molecular flexibility index (Phi) is 7.66. The number of hydrogen-bond donors (Lipinski definition) is 1. The van der Waals surface area contributed by atoms with Crippen molar-refractivity contribution in [1.29, 1.82) is 0 Å². The minimum absolute atomic E-state index is 0.0509. The Bertz CT molecular complexity index is 1510. The van der Waals surface area contributed by atoms with Gasteiger partial charge in [0.2, 0.25) is 0 Å². The third-order valence-corrected chi connectivity index (χ3v) is 5.51. The van der Waals surface area contributed by atoms with Gasteiger partial charge in [0.05, 0.1) is 29.9 Å². The molecule has 4 rings (SSSR count). The number of nitro groups is 1. The van der Waals surface area contributed by atoms with Crippen LogP contribution < -0.4 is 24.4 Å². The molecule has 1 aliphatic rings. The van der Waals surface area contributed by atoms with Crippen molar-refractivity contribution in [3.05, 3.63) is 93.5 Å². The van der Waals surface area contributed by atoms with Gasteiger partial charge in [-0.1, -0.05) is 12.1 Å². The molecule has 0 unspecified atom stereocenters. The number of carbonyl (C=O) groups excluding carboxylic acids is 4. The molecule has 0 aliphatic carbocycles. The topological polar surface area (TPSA) is 154 Å². The van der Waals surface area contributed by atoms with E-state index >= 15 is 0 Å². The number of methoxy groups -OCH3 is 1. The molecular weight excluding hydrogens is 510 g/mol. The van der Waals surface area contributed by atoms with Crippen LogP contribution in [0.5, 0.6) is 17.2 Å². The second-order valence-corrected chi connectivity index (χ2v) is 7.99. The second kappa shape index (κ2) is 11.3. The fraction of sp³-hybridized carbons (Fsp3) is 0.111. The highest BCUT2D eigenvalue weighted by Crippen LogP contribution is 2.31. The van der Waals surface area contributed by atoms with E-state index in [-0.39, 0.29) is 40.6 Å². The first-order chi connectivity index (χ1) is 18.7. The van der Waals surface area contributed by atoms with Crippen molar-refractivity contribution in [2.75, 3.05) is 18.6 Å². The lowest BCUT2D eigenvalue weighted by Gasteiger charge is -2.26. The summed E-state index contributed by atoms with van der Waals surface area (Å²) in [6, 6.07) is 14.6. The highest BCUT2D eigenvalue weighted by atomic mass is 16.6. The first-order valence-corrected chi connectivity index (χ1v) is 11.5. The minimum atomic E-state index is -0.904. The Morgan fingerprint density at radius 2 is 1.77 bits per heavy atom. The second-order valence-electron chi connectivity index (χ2n) is 7.99. The number of urea groups is 1. The molecule has 0 atom stereocenters. The van der Waals surface area contributed by atoms with Crippen molar-refractivity contribution in [1.82, 2.24) is 5.32 Å². The van der Waals surface area contributed by atoms with E-state index in [1.165, 1.54) is 67.8 Å². The Hall–Kier alpha value is -5.52. The van der Waals surface area contributed by atoms with Gasteiger partial charge >= 0.3 is 12.0 Å². The van der Waals surface area contributed by atoms with Crippen LogP contribution in [0.3, 0.4) is 0 Å². The summed E-state index contributed by atoms with van der Waals surface area (Å²) < 4.78 is 16.1. The molecule has 1 aliphatic heterocycles. The zero-order valence-electron chi connectivity index (χ0n) is 20.7. The number of ether oxygens (including phenoxy) is 3. The Morgan fingerprint density at radius 3 is 2.44 bits per heavy atom. The molecule has 3 aromatic rings. The summed E-state index contributed by atoms with van der Waals surface area (Å²) in [7, 11) is 1.44. The van der Waals surface area contributed by atoms with Crippen molar-refractivity contribution in [2.45, 2.75) is 6.92 Å². The number of nitrogens with one attached hydrogen (secondary N) is 1. The number of anilines is 1. The van der Waals surface area contributed by atoms with Crippen LogP contribution in [0, 0.1) is 10.1 Å². The number of imide groups is 2. The highest BCUT2D eigenvalue weighted by molar-refractivity contribution is 6.39. The molecule has 198 valence electrons. The molecule has 1 N–H and O–H groups in total. The van der Waals surface area contributed by atoms with Gasteiger partial charge in [-0.2, -0.15) is 0 Å². The quantitative estimate of drug-likeness (QED) is 0.114. The third kappa shape index (κ3) is 5.74. The molecule has 0 bridgehead atoms. The molecule has 1 heterocycles. The van der Waals surface area contributed by atoms with Gasteiger partial charge in [0.1, 0.15) is 11.3 Å². The zero-order valence-corrected chi connectivity index (χ0v) is 20.7. The third-order valence-electron chi connectivity index (χ3n) is 5.51. The predicted octanol–water partition coefficient (Wildman–Crippen LogP) is 3.89. The maximum Gasteiger partial charge on any atom is 0.343 e. The van der Waals surface area contributed by atoms with Crippen molar-refractivity contribution >= 4 is 41.3 Å². The van der Waals surface area contributed by atoms with Gasteiger partial charge in [0.15, 0.2) is 11.5 Å². The van der Waals surface area contributed by atoms with E-state index in [1.807, 2.05) is 0 Å². The van der Waals surface area contributed by atoms with E-state index < -0.39 is 28.7 Å². The summed E-state index contributed by atoms with van der Waals surface area (Å²) >= 11 is 0. The first-order valence-electron chi connectivity index (χ1n) is 11.5. The van der Waals surface area contributed by atoms with Gasteiger partial charge in [0.25, 0.3) is 17.5 Å². The van der Waals surface area contributed by atoms with Gasteiger partial charge in [0, 0.05) is 18.2 Å². The molecule has 12 nitrogen and oxygen atoms in total. The van der Waals surface area contributed by atoms with Crippen LogP contribution in [-0.4, -0.2) is 42.5 Å². The largest absolute Gasteiger partial charge is 0.497 e. The van der Waals surface area contributed by atoms with E-state index in [9.17, 15) is 29.3 Å². The smallest absolute Gasteiger partial charge is 0.343 e. The SMILES string of the molecule is CCOc1cc(/C=C2\C(=O)NC(=O)N(c3cccc(OC)c3)C2=O)ccc1OC(=O)c1ccc([N+](=O)[O-])cc1. The fourth-order valence-electron chi connectivity index (χ4n) is 3.65. The van der Waals surface area contributed by atoms with E-state index in [4.69, 9.17) is 14.2 Å². The van der Waals surface area contributed by atoms with Crippen molar-refractivity contribution in [3.8, 4) is 17.2 Å². The predicted molar refractivity (Wildman–Crippen MR) is 138 cm³/mol. The van der Waals surface area contributed by atoms with E-state index in [2.05, 4.69) is 5.32 Å². The molecule has 0 aromatic heterocycles. The number of amides is 4. The minimum Gasteiger partial charge on any atom is -0.497 e. The van der Waals surface area contributed by atoms with Gasteiger partial charge in [-0.05, 0) is 55.0 Å². The van der Waals surface area contributed by atoms with Crippen LogP contribution in [-0.2, 0) is 9.59 Å². The van der Waals surface area contributed by atoms with Crippen LogP contribution in [0.2, 0.25) is 0 Å². The monoisotopic (exact) mass is 531 g/mol. The van der Waals surface area contributed by atoms with Crippen LogP contribution in [0.15, 0.2) is 72.3 Å². The number of benzene rings is 3. The van der Waals surface area contributed by atoms with Gasteiger partial charge < -0.3 is 14.2 Å². The lowest BCUT2D eigenvalue weighted by Crippen LogP contribution is -2.54. The maximum atomic E-state index is 13.2. The maximum absolute atomic E-state index is 13.2. The lowest BCUT2D eigenvalue weighted by atomic mass is 10.1. The number of carbonyl (C=O) groups is 4. The summed E-state index contributed by atoms with van der Waals surface area (Å²) in [6.45, 7) is 1.92. The summed E-state index contributed by atoms with van der Waals surface area (Å²) in [5.74, 6) is -1.89. The number of barbiturate groups is 1. The van der Waals surface area contributed by atoms with Crippen LogP contribution >= 0.6 is 0 Å². The van der Waals surface area contributed by atoms with Crippen molar-refractivity contribution in [2.24, 2.45) is 0 Å². The lowest BCUT2D eigenvalue weighted by molar-refractivity contribution is -0.384. The molecule has 0 spiro atoms. The summed E-state index contributed by atoms with van der Waals surface area (Å²) in [6.07, 6.45) is 1.28. The normalized spacial score (nSPS) is 14.2. The van der Waals surface area contributed by atoms with Crippen molar-refractivity contribution in [3.63, 3.8) is 0 Å². The summed E-state index contributed by atoms with van der Waals surface area (Å²) in [4.78, 5) is 61.9. The van der Waals surface area contributed by atoms with E-state index in [1.54, 1.807) is 19.1 Å². The first kappa shape index (κ1) is 26.5. The highest BCUT2D eigenvalue weighted by Gasteiger charge is 2.37. The standard InChI is InChI=1S/C27H21N3O9/c1-3-38-23-14-16(7-12-22(23)39-26(33)17-8-10-18(11-9-17)30(35)36)13-21-24(31)28-27(34)29(25(21)32)19-5-4-6-20(15-19)37-2/h4-15H,3H2,1-2H3,(H,28,31,34)/b21-13+. The number of nitro benzene ring substituents is 1.